The van der Waals surface area contributed by atoms with Gasteiger partial charge in [0.1, 0.15) is 6.26 Å². The average Bonchev–Trinajstić information content (AvgIpc) is 2.48. The molecule has 0 unspecified atom stereocenters. The van der Waals surface area contributed by atoms with Crippen molar-refractivity contribution in [2.75, 3.05) is 11.1 Å². The molecule has 1 heterocycles. The Hall–Kier alpha value is 0.0400. The minimum absolute atomic E-state index is 0.285. The first kappa shape index (κ1) is 11.1. The number of alkyl halides is 1. The SMILES string of the molecule is Cc1coc(SCC(C)(C)CBr)n1. The van der Waals surface area contributed by atoms with Crippen molar-refractivity contribution in [3.05, 3.63) is 12.0 Å². The predicted molar refractivity (Wildman–Crippen MR) is 59.5 cm³/mol. The van der Waals surface area contributed by atoms with E-state index in [-0.39, 0.29) is 5.41 Å². The van der Waals surface area contributed by atoms with Crippen molar-refractivity contribution in [3.8, 4) is 0 Å². The molecule has 0 fully saturated rings. The van der Waals surface area contributed by atoms with E-state index in [0.29, 0.717) is 0 Å². The van der Waals surface area contributed by atoms with Crippen LogP contribution in [0.5, 0.6) is 0 Å². The van der Waals surface area contributed by atoms with Gasteiger partial charge in [-0.15, -0.1) is 0 Å². The first-order chi connectivity index (χ1) is 6.03. The number of nitrogens with zero attached hydrogens (tertiary/aromatic N) is 1. The average molecular weight is 264 g/mol. The molecule has 0 aliphatic carbocycles. The molecule has 0 radical (unpaired) electrons. The molecule has 0 N–H and O–H groups in total. The maximum Gasteiger partial charge on any atom is 0.255 e. The molecule has 4 heteroatoms. The van der Waals surface area contributed by atoms with Gasteiger partial charge in [-0.25, -0.2) is 4.98 Å². The third-order valence-electron chi connectivity index (χ3n) is 1.55. The van der Waals surface area contributed by atoms with Gasteiger partial charge >= 0.3 is 0 Å². The molecule has 0 saturated carbocycles. The fourth-order valence-electron chi connectivity index (χ4n) is 0.694. The van der Waals surface area contributed by atoms with Crippen molar-refractivity contribution in [2.24, 2.45) is 5.41 Å². The molecular weight excluding hydrogens is 250 g/mol. The maximum atomic E-state index is 5.24. The topological polar surface area (TPSA) is 26.0 Å². The largest absolute Gasteiger partial charge is 0.440 e. The second-order valence-corrected chi connectivity index (χ2v) is 5.33. The molecule has 0 saturated heterocycles. The van der Waals surface area contributed by atoms with Gasteiger partial charge in [0.25, 0.3) is 5.22 Å². The Kier molecular flexibility index (Phi) is 3.86. The lowest BCUT2D eigenvalue weighted by molar-refractivity contribution is 0.447. The van der Waals surface area contributed by atoms with Gasteiger partial charge in [0.2, 0.25) is 0 Å². The second kappa shape index (κ2) is 4.51. The zero-order valence-electron chi connectivity index (χ0n) is 8.13. The fourth-order valence-corrected chi connectivity index (χ4v) is 2.10. The molecule has 0 amide bonds. The van der Waals surface area contributed by atoms with Crippen molar-refractivity contribution in [1.82, 2.24) is 4.98 Å². The zero-order chi connectivity index (χ0) is 9.90. The summed E-state index contributed by atoms with van der Waals surface area (Å²) < 4.78 is 5.24. The van der Waals surface area contributed by atoms with E-state index < -0.39 is 0 Å². The number of hydrogen-bond donors (Lipinski definition) is 0. The Bertz CT molecular complexity index is 272. The van der Waals surface area contributed by atoms with Crippen LogP contribution in [0.4, 0.5) is 0 Å². The van der Waals surface area contributed by atoms with Crippen LogP contribution >= 0.6 is 27.7 Å². The molecule has 0 spiro atoms. The maximum absolute atomic E-state index is 5.24. The molecule has 0 aromatic carbocycles. The van der Waals surface area contributed by atoms with Gasteiger partial charge in [-0.3, -0.25) is 0 Å². The van der Waals surface area contributed by atoms with Crippen LogP contribution < -0.4 is 0 Å². The minimum atomic E-state index is 0.285. The quantitative estimate of drug-likeness (QED) is 0.615. The molecule has 2 nitrogen and oxygen atoms in total. The molecule has 13 heavy (non-hydrogen) atoms. The molecule has 1 aromatic heterocycles. The van der Waals surface area contributed by atoms with Crippen LogP contribution in [0.25, 0.3) is 0 Å². The summed E-state index contributed by atoms with van der Waals surface area (Å²) in [5.74, 6) is 1.01. The first-order valence-corrected chi connectivity index (χ1v) is 6.25. The monoisotopic (exact) mass is 263 g/mol. The van der Waals surface area contributed by atoms with Gasteiger partial charge in [-0.2, -0.15) is 0 Å². The highest BCUT2D eigenvalue weighted by Gasteiger charge is 2.17. The minimum Gasteiger partial charge on any atom is -0.440 e. The fraction of sp³-hybridized carbons (Fsp3) is 0.667. The predicted octanol–water partition coefficient (Wildman–Crippen LogP) is 3.50. The van der Waals surface area contributed by atoms with Crippen LogP contribution in [0.1, 0.15) is 19.5 Å². The lowest BCUT2D eigenvalue weighted by Gasteiger charge is -2.19. The van der Waals surface area contributed by atoms with Gasteiger partial charge in [0, 0.05) is 11.1 Å². The van der Waals surface area contributed by atoms with Crippen LogP contribution in [-0.2, 0) is 0 Å². The van der Waals surface area contributed by atoms with Crippen molar-refractivity contribution >= 4 is 27.7 Å². The number of halogens is 1. The number of aryl methyl sites for hydroxylation is 1. The van der Waals surface area contributed by atoms with Gasteiger partial charge in [-0.1, -0.05) is 41.5 Å². The molecule has 1 rings (SSSR count). The lowest BCUT2D eigenvalue weighted by atomic mass is 10.0. The number of rotatable bonds is 4. The van der Waals surface area contributed by atoms with Gasteiger partial charge < -0.3 is 4.42 Å². The van der Waals surface area contributed by atoms with Gasteiger partial charge in [0.05, 0.1) is 5.69 Å². The first-order valence-electron chi connectivity index (χ1n) is 4.14. The Labute approximate surface area is 91.6 Å². The Balaban J connectivity index is 2.43. The Morgan fingerprint density at radius 3 is 2.77 bits per heavy atom. The van der Waals surface area contributed by atoms with E-state index in [1.807, 2.05) is 6.92 Å². The van der Waals surface area contributed by atoms with Crippen molar-refractivity contribution in [2.45, 2.75) is 26.0 Å². The van der Waals surface area contributed by atoms with E-state index in [4.69, 9.17) is 4.42 Å². The van der Waals surface area contributed by atoms with Crippen LogP contribution in [-0.4, -0.2) is 16.1 Å². The van der Waals surface area contributed by atoms with Gasteiger partial charge in [0.15, 0.2) is 0 Å². The number of thioether (sulfide) groups is 1. The number of oxazole rings is 1. The normalized spacial score (nSPS) is 12.0. The van der Waals surface area contributed by atoms with E-state index in [0.717, 1.165) is 22.0 Å². The zero-order valence-corrected chi connectivity index (χ0v) is 10.5. The molecule has 0 bridgehead atoms. The number of aromatic nitrogens is 1. The molecule has 0 aliphatic rings. The van der Waals surface area contributed by atoms with Crippen LogP contribution in [0, 0.1) is 12.3 Å². The standard InChI is InChI=1S/C9H14BrNOS/c1-7-4-12-8(11-7)13-6-9(2,3)5-10/h4H,5-6H2,1-3H3. The Morgan fingerprint density at radius 2 is 2.31 bits per heavy atom. The summed E-state index contributed by atoms with van der Waals surface area (Å²) in [7, 11) is 0. The molecule has 1 aromatic rings. The van der Waals surface area contributed by atoms with E-state index in [2.05, 4.69) is 34.8 Å². The lowest BCUT2D eigenvalue weighted by Crippen LogP contribution is -2.15. The summed E-state index contributed by atoms with van der Waals surface area (Å²) >= 11 is 5.15. The van der Waals surface area contributed by atoms with Crippen LogP contribution in [0.3, 0.4) is 0 Å². The summed E-state index contributed by atoms with van der Waals surface area (Å²) in [6.45, 7) is 6.36. The van der Waals surface area contributed by atoms with Crippen molar-refractivity contribution in [3.63, 3.8) is 0 Å². The Morgan fingerprint density at radius 1 is 1.62 bits per heavy atom. The third kappa shape index (κ3) is 3.73. The summed E-state index contributed by atoms with van der Waals surface area (Å²) in [5, 5.41) is 1.76. The van der Waals surface area contributed by atoms with Crippen molar-refractivity contribution in [1.29, 1.82) is 0 Å². The van der Waals surface area contributed by atoms with E-state index in [1.54, 1.807) is 18.0 Å². The smallest absolute Gasteiger partial charge is 0.255 e. The summed E-state index contributed by atoms with van der Waals surface area (Å²) in [6.07, 6.45) is 1.68. The van der Waals surface area contributed by atoms with Gasteiger partial charge in [-0.05, 0) is 12.3 Å². The van der Waals surface area contributed by atoms with Crippen molar-refractivity contribution < 1.29 is 4.42 Å². The number of hydrogen-bond acceptors (Lipinski definition) is 3. The molecule has 0 aliphatic heterocycles. The highest BCUT2D eigenvalue weighted by molar-refractivity contribution is 9.09. The highest BCUT2D eigenvalue weighted by Crippen LogP contribution is 2.28. The summed E-state index contributed by atoms with van der Waals surface area (Å²) in [5.41, 5.74) is 1.23. The van der Waals surface area contributed by atoms with E-state index >= 15 is 0 Å². The summed E-state index contributed by atoms with van der Waals surface area (Å²) in [6, 6.07) is 0. The third-order valence-corrected chi connectivity index (χ3v) is 4.42. The highest BCUT2D eigenvalue weighted by atomic mass is 79.9. The molecule has 74 valence electrons. The second-order valence-electron chi connectivity index (χ2n) is 3.84. The van der Waals surface area contributed by atoms with Crippen LogP contribution in [0.2, 0.25) is 0 Å². The molecule has 0 atom stereocenters. The summed E-state index contributed by atoms with van der Waals surface area (Å²) in [4.78, 5) is 4.23. The van der Waals surface area contributed by atoms with E-state index in [9.17, 15) is 0 Å². The van der Waals surface area contributed by atoms with Crippen LogP contribution in [0.15, 0.2) is 15.9 Å². The van der Waals surface area contributed by atoms with E-state index in [1.165, 1.54) is 0 Å². The molecular formula is C9H14BrNOS.